The molecule has 0 spiro atoms. The summed E-state index contributed by atoms with van der Waals surface area (Å²) >= 11 is 1.09. The van der Waals surface area contributed by atoms with E-state index in [1.165, 1.54) is 4.52 Å². The molecule has 74 valence electrons. The number of carbonyl (C=O) groups is 1. The van der Waals surface area contributed by atoms with Crippen molar-refractivity contribution < 1.29 is 9.90 Å². The van der Waals surface area contributed by atoms with Gasteiger partial charge >= 0.3 is 5.97 Å². The predicted molar refractivity (Wildman–Crippen MR) is 51.6 cm³/mol. The molecule has 2 heterocycles. The van der Waals surface area contributed by atoms with Crippen molar-refractivity contribution in [2.45, 2.75) is 13.3 Å². The fourth-order valence-electron chi connectivity index (χ4n) is 1.28. The van der Waals surface area contributed by atoms with Gasteiger partial charge in [-0.25, -0.2) is 9.31 Å². The molecule has 0 radical (unpaired) electrons. The van der Waals surface area contributed by atoms with Gasteiger partial charge in [0.1, 0.15) is 4.88 Å². The second-order valence-electron chi connectivity index (χ2n) is 2.70. The minimum atomic E-state index is -0.947. The van der Waals surface area contributed by atoms with E-state index < -0.39 is 5.97 Å². The lowest BCUT2D eigenvalue weighted by molar-refractivity contribution is 0.0700. The van der Waals surface area contributed by atoms with Gasteiger partial charge in [-0.15, -0.1) is 5.10 Å². The summed E-state index contributed by atoms with van der Waals surface area (Å²) in [6.07, 6.45) is 0.588. The molecule has 0 fully saturated rings. The maximum Gasteiger partial charge on any atom is 0.347 e. The van der Waals surface area contributed by atoms with Crippen LogP contribution in [0.2, 0.25) is 0 Å². The van der Waals surface area contributed by atoms with Crippen LogP contribution < -0.4 is 5.73 Å². The molecule has 0 aliphatic heterocycles. The lowest BCUT2D eigenvalue weighted by Gasteiger charge is -1.93. The van der Waals surface area contributed by atoms with Crippen molar-refractivity contribution in [1.29, 1.82) is 0 Å². The van der Waals surface area contributed by atoms with Crippen LogP contribution in [0.4, 0.5) is 5.95 Å². The van der Waals surface area contributed by atoms with Crippen molar-refractivity contribution >= 4 is 28.2 Å². The van der Waals surface area contributed by atoms with E-state index in [0.717, 1.165) is 11.3 Å². The molecular weight excluding hydrogens is 204 g/mol. The Morgan fingerprint density at radius 2 is 2.43 bits per heavy atom. The summed E-state index contributed by atoms with van der Waals surface area (Å²) in [5, 5.41) is 12.8. The van der Waals surface area contributed by atoms with Crippen LogP contribution >= 0.6 is 11.3 Å². The monoisotopic (exact) mass is 212 g/mol. The van der Waals surface area contributed by atoms with E-state index in [0.29, 0.717) is 17.1 Å². The molecule has 0 aliphatic carbocycles. The number of rotatable bonds is 2. The highest BCUT2D eigenvalue weighted by atomic mass is 32.1. The number of anilines is 1. The molecule has 0 unspecified atom stereocenters. The van der Waals surface area contributed by atoms with Crippen LogP contribution in [0.25, 0.3) is 4.96 Å². The van der Waals surface area contributed by atoms with Crippen molar-refractivity contribution in [3.63, 3.8) is 0 Å². The highest BCUT2D eigenvalue weighted by Crippen LogP contribution is 2.22. The third-order valence-corrected chi connectivity index (χ3v) is 2.90. The van der Waals surface area contributed by atoms with Gasteiger partial charge in [0, 0.05) is 0 Å². The number of aryl methyl sites for hydroxylation is 1. The van der Waals surface area contributed by atoms with Gasteiger partial charge in [-0.1, -0.05) is 18.3 Å². The zero-order valence-corrected chi connectivity index (χ0v) is 8.21. The van der Waals surface area contributed by atoms with Gasteiger partial charge in [-0.05, 0) is 6.42 Å². The second kappa shape index (κ2) is 2.95. The molecule has 0 atom stereocenters. The summed E-state index contributed by atoms with van der Waals surface area (Å²) in [4.78, 5) is 15.6. The molecule has 2 aromatic rings. The van der Waals surface area contributed by atoms with Crippen molar-refractivity contribution in [1.82, 2.24) is 14.6 Å². The number of carboxylic acid groups (broad SMARTS) is 1. The summed E-state index contributed by atoms with van der Waals surface area (Å²) in [7, 11) is 0. The molecule has 2 aromatic heterocycles. The van der Waals surface area contributed by atoms with Crippen LogP contribution in [-0.4, -0.2) is 25.7 Å². The zero-order chi connectivity index (χ0) is 10.3. The zero-order valence-electron chi connectivity index (χ0n) is 7.39. The Morgan fingerprint density at radius 1 is 1.71 bits per heavy atom. The summed E-state index contributed by atoms with van der Waals surface area (Å²) < 4.78 is 1.49. The lowest BCUT2D eigenvalue weighted by atomic mass is 10.3. The molecule has 2 rings (SSSR count). The number of nitrogen functional groups attached to an aromatic ring is 1. The second-order valence-corrected chi connectivity index (χ2v) is 3.68. The first-order valence-corrected chi connectivity index (χ1v) is 4.82. The molecule has 0 aromatic carbocycles. The minimum absolute atomic E-state index is 0.169. The maximum absolute atomic E-state index is 10.8. The van der Waals surface area contributed by atoms with Gasteiger partial charge in [-0.3, -0.25) is 0 Å². The molecule has 7 heteroatoms. The third-order valence-electron chi connectivity index (χ3n) is 1.83. The number of nitrogens with zero attached hydrogens (tertiary/aromatic N) is 3. The first-order chi connectivity index (χ1) is 6.63. The average molecular weight is 212 g/mol. The number of fused-ring (bicyclic) bond motifs is 1. The molecule has 14 heavy (non-hydrogen) atoms. The van der Waals surface area contributed by atoms with Gasteiger partial charge < -0.3 is 10.8 Å². The number of aromatic nitrogens is 3. The fraction of sp³-hybridized carbons (Fsp3) is 0.286. The van der Waals surface area contributed by atoms with Crippen LogP contribution in [0.15, 0.2) is 0 Å². The molecule has 6 nitrogen and oxygen atoms in total. The smallest absolute Gasteiger partial charge is 0.347 e. The number of nitrogens with two attached hydrogens (primary N) is 1. The Hall–Kier alpha value is -1.63. The Bertz CT molecular complexity index is 501. The van der Waals surface area contributed by atoms with E-state index >= 15 is 0 Å². The van der Waals surface area contributed by atoms with E-state index in [4.69, 9.17) is 10.8 Å². The van der Waals surface area contributed by atoms with Gasteiger partial charge in [-0.2, -0.15) is 4.98 Å². The number of carboxylic acids is 1. The number of aromatic carboxylic acids is 1. The summed E-state index contributed by atoms with van der Waals surface area (Å²) in [6, 6.07) is 0. The topological polar surface area (TPSA) is 93.5 Å². The average Bonchev–Trinajstić information content (AvgIpc) is 2.59. The molecule has 0 saturated heterocycles. The van der Waals surface area contributed by atoms with Crippen molar-refractivity contribution in [3.05, 3.63) is 10.6 Å². The van der Waals surface area contributed by atoms with Crippen molar-refractivity contribution in [3.8, 4) is 0 Å². The molecule has 0 bridgehead atoms. The van der Waals surface area contributed by atoms with Crippen LogP contribution in [0.1, 0.15) is 22.3 Å². The normalized spacial score (nSPS) is 10.9. The Labute approximate surface area is 83.0 Å². The van der Waals surface area contributed by atoms with E-state index in [2.05, 4.69) is 10.1 Å². The predicted octanol–water partition coefficient (Wildman–Crippen LogP) is 0.634. The maximum atomic E-state index is 10.8. The highest BCUT2D eigenvalue weighted by Gasteiger charge is 2.18. The first kappa shape index (κ1) is 8.95. The molecule has 0 saturated carbocycles. The van der Waals surface area contributed by atoms with E-state index in [1.807, 2.05) is 6.92 Å². The fourth-order valence-corrected chi connectivity index (χ4v) is 2.27. The standard InChI is InChI=1S/C7H8N4O2S/c1-2-3-4(5(12)13)14-7-9-6(8)10-11(3)7/h2H2,1H3,(H2,8,10)(H,12,13). The SMILES string of the molecule is CCc1c(C(=O)O)sc2nc(N)nn12. The van der Waals surface area contributed by atoms with Crippen LogP contribution in [0, 0.1) is 0 Å². The summed E-state index contributed by atoms with van der Waals surface area (Å²) in [6.45, 7) is 1.87. The molecule has 0 amide bonds. The van der Waals surface area contributed by atoms with Gasteiger partial charge in [0.25, 0.3) is 0 Å². The Balaban J connectivity index is 2.74. The van der Waals surface area contributed by atoms with E-state index in [9.17, 15) is 4.79 Å². The third kappa shape index (κ3) is 1.13. The van der Waals surface area contributed by atoms with Crippen molar-refractivity contribution in [2.75, 3.05) is 5.73 Å². The van der Waals surface area contributed by atoms with Gasteiger partial charge in [0.2, 0.25) is 10.9 Å². The summed E-state index contributed by atoms with van der Waals surface area (Å²) in [5.74, 6) is -0.777. The molecule has 0 aliphatic rings. The lowest BCUT2D eigenvalue weighted by Crippen LogP contribution is -2.01. The summed E-state index contributed by atoms with van der Waals surface area (Å²) in [5.41, 5.74) is 6.04. The van der Waals surface area contributed by atoms with Gasteiger partial charge in [0.15, 0.2) is 0 Å². The first-order valence-electron chi connectivity index (χ1n) is 4.00. The van der Waals surface area contributed by atoms with Crippen LogP contribution in [0.3, 0.4) is 0 Å². The number of thiazole rings is 1. The minimum Gasteiger partial charge on any atom is -0.477 e. The quantitative estimate of drug-likeness (QED) is 0.761. The van der Waals surface area contributed by atoms with E-state index in [-0.39, 0.29) is 10.8 Å². The number of hydrogen-bond donors (Lipinski definition) is 2. The van der Waals surface area contributed by atoms with Crippen LogP contribution in [0.5, 0.6) is 0 Å². The van der Waals surface area contributed by atoms with E-state index in [1.54, 1.807) is 0 Å². The Kier molecular flexibility index (Phi) is 1.88. The van der Waals surface area contributed by atoms with Crippen molar-refractivity contribution in [2.24, 2.45) is 0 Å². The van der Waals surface area contributed by atoms with Gasteiger partial charge in [0.05, 0.1) is 5.69 Å². The van der Waals surface area contributed by atoms with Crippen LogP contribution in [-0.2, 0) is 6.42 Å². The number of hydrogen-bond acceptors (Lipinski definition) is 5. The Morgan fingerprint density at radius 3 is 3.00 bits per heavy atom. The molecular formula is C7H8N4O2S. The molecule has 3 N–H and O–H groups in total. The highest BCUT2D eigenvalue weighted by molar-refractivity contribution is 7.18. The largest absolute Gasteiger partial charge is 0.477 e.